The molecule has 0 aliphatic rings. The Balaban J connectivity index is 1.59. The first-order chi connectivity index (χ1) is 18.4. The molecule has 1 amide bonds. The lowest BCUT2D eigenvalue weighted by Gasteiger charge is -2.19. The Morgan fingerprint density at radius 1 is 0.737 bits per heavy atom. The van der Waals surface area contributed by atoms with Gasteiger partial charge in [0.15, 0.2) is 0 Å². The van der Waals surface area contributed by atoms with Gasteiger partial charge in [-0.25, -0.2) is 4.79 Å². The number of hydrogen-bond donors (Lipinski definition) is 2. The van der Waals surface area contributed by atoms with Crippen molar-refractivity contribution in [3.63, 3.8) is 0 Å². The van der Waals surface area contributed by atoms with Crippen LogP contribution in [0.3, 0.4) is 0 Å². The number of carboxylic acids is 1. The van der Waals surface area contributed by atoms with Crippen molar-refractivity contribution >= 4 is 11.9 Å². The number of carboxylic acid groups (broad SMARTS) is 1. The molecule has 2 N–H and O–H groups in total. The minimum Gasteiger partial charge on any atom is -0.488 e. The maximum atomic E-state index is 13.4. The summed E-state index contributed by atoms with van der Waals surface area (Å²) in [7, 11) is 0. The zero-order chi connectivity index (χ0) is 26.9. The second kappa shape index (κ2) is 12.6. The van der Waals surface area contributed by atoms with Gasteiger partial charge in [-0.05, 0) is 46.4 Å². The monoisotopic (exact) mass is 509 g/mol. The summed E-state index contributed by atoms with van der Waals surface area (Å²) in [5, 5.41) is 12.0. The summed E-state index contributed by atoms with van der Waals surface area (Å²) in [6, 6.07) is 29.8. The zero-order valence-electron chi connectivity index (χ0n) is 21.5. The molecule has 0 spiro atoms. The van der Waals surface area contributed by atoms with Crippen LogP contribution < -0.4 is 14.8 Å². The number of hydrogen-bond acceptors (Lipinski definition) is 4. The van der Waals surface area contributed by atoms with Gasteiger partial charge in [-0.1, -0.05) is 86.6 Å². The highest BCUT2D eigenvalue weighted by atomic mass is 16.5. The van der Waals surface area contributed by atoms with Crippen LogP contribution in [0, 0.1) is 0 Å². The number of carbonyl (C=O) groups excluding carboxylic acids is 1. The van der Waals surface area contributed by atoms with Gasteiger partial charge in [-0.15, -0.1) is 0 Å². The SMILES string of the molecule is CC(C)c1cc(C(=O)NCc2ccc(C(=O)O)cc2)c(OCc2ccccc2)cc1OCc1ccccc1. The van der Waals surface area contributed by atoms with Crippen LogP contribution >= 0.6 is 0 Å². The van der Waals surface area contributed by atoms with Crippen LogP contribution in [-0.2, 0) is 19.8 Å². The maximum Gasteiger partial charge on any atom is 0.335 e. The fraction of sp³-hybridized carbons (Fsp3) is 0.188. The molecule has 0 unspecified atom stereocenters. The van der Waals surface area contributed by atoms with Crippen LogP contribution in [0.5, 0.6) is 11.5 Å². The highest BCUT2D eigenvalue weighted by molar-refractivity contribution is 5.97. The summed E-state index contributed by atoms with van der Waals surface area (Å²) in [5.74, 6) is -0.0599. The summed E-state index contributed by atoms with van der Waals surface area (Å²) in [6.07, 6.45) is 0. The molecular weight excluding hydrogens is 478 g/mol. The van der Waals surface area contributed by atoms with E-state index in [1.807, 2.05) is 66.7 Å². The third-order valence-corrected chi connectivity index (χ3v) is 6.11. The smallest absolute Gasteiger partial charge is 0.335 e. The van der Waals surface area contributed by atoms with Crippen LogP contribution in [0.1, 0.15) is 62.7 Å². The molecule has 4 aromatic rings. The van der Waals surface area contributed by atoms with Crippen LogP contribution in [-0.4, -0.2) is 17.0 Å². The molecule has 0 aliphatic heterocycles. The van der Waals surface area contributed by atoms with Crippen molar-refractivity contribution in [2.24, 2.45) is 0 Å². The van der Waals surface area contributed by atoms with Crippen molar-refractivity contribution in [3.05, 3.63) is 130 Å². The molecule has 0 saturated heterocycles. The number of aromatic carboxylic acids is 1. The second-order valence-corrected chi connectivity index (χ2v) is 9.27. The van der Waals surface area contributed by atoms with E-state index in [-0.39, 0.29) is 23.9 Å². The van der Waals surface area contributed by atoms with Gasteiger partial charge in [0, 0.05) is 12.6 Å². The molecule has 0 aromatic heterocycles. The Morgan fingerprint density at radius 3 is 1.82 bits per heavy atom. The standard InChI is InChI=1S/C32H31NO5/c1-22(2)27-17-28(31(34)33-19-23-13-15-26(16-14-23)32(35)36)30(38-21-25-11-7-4-8-12-25)18-29(27)37-20-24-9-5-3-6-10-24/h3-18,22H,19-21H2,1-2H3,(H,33,34)(H,35,36). The van der Waals surface area contributed by atoms with Gasteiger partial charge in [-0.2, -0.15) is 0 Å². The van der Waals surface area contributed by atoms with Gasteiger partial charge in [0.25, 0.3) is 5.91 Å². The van der Waals surface area contributed by atoms with E-state index >= 15 is 0 Å². The highest BCUT2D eigenvalue weighted by Gasteiger charge is 2.20. The fourth-order valence-electron chi connectivity index (χ4n) is 3.96. The molecule has 4 aromatic carbocycles. The van der Waals surface area contributed by atoms with Gasteiger partial charge < -0.3 is 19.9 Å². The lowest BCUT2D eigenvalue weighted by molar-refractivity contribution is 0.0696. The third kappa shape index (κ3) is 7.01. The van der Waals surface area contributed by atoms with Gasteiger partial charge in [0.2, 0.25) is 0 Å². The molecule has 0 heterocycles. The largest absolute Gasteiger partial charge is 0.488 e. The predicted octanol–water partition coefficient (Wildman–Crippen LogP) is 6.60. The van der Waals surface area contributed by atoms with Crippen LogP contribution in [0.2, 0.25) is 0 Å². The summed E-state index contributed by atoms with van der Waals surface area (Å²) in [5.41, 5.74) is 4.34. The molecule has 4 rings (SSSR count). The molecule has 0 atom stereocenters. The predicted molar refractivity (Wildman–Crippen MR) is 147 cm³/mol. The van der Waals surface area contributed by atoms with Crippen molar-refractivity contribution in [3.8, 4) is 11.5 Å². The number of amides is 1. The van der Waals surface area contributed by atoms with Crippen LogP contribution in [0.25, 0.3) is 0 Å². The summed E-state index contributed by atoms with van der Waals surface area (Å²) < 4.78 is 12.4. The number of rotatable bonds is 11. The van der Waals surface area contributed by atoms with E-state index in [9.17, 15) is 9.59 Å². The van der Waals surface area contributed by atoms with Crippen LogP contribution in [0.4, 0.5) is 0 Å². The number of carbonyl (C=O) groups is 2. The Labute approximate surface area is 222 Å². The van der Waals surface area contributed by atoms with Crippen molar-refractivity contribution in [2.45, 2.75) is 39.5 Å². The minimum atomic E-state index is -0.989. The van der Waals surface area contributed by atoms with Crippen molar-refractivity contribution < 1.29 is 24.2 Å². The van der Waals surface area contributed by atoms with E-state index in [2.05, 4.69) is 19.2 Å². The van der Waals surface area contributed by atoms with Gasteiger partial charge in [0.1, 0.15) is 24.7 Å². The van der Waals surface area contributed by atoms with Crippen LogP contribution in [0.15, 0.2) is 97.1 Å². The van der Waals surface area contributed by atoms with Crippen molar-refractivity contribution in [1.82, 2.24) is 5.32 Å². The molecule has 38 heavy (non-hydrogen) atoms. The topological polar surface area (TPSA) is 84.9 Å². The second-order valence-electron chi connectivity index (χ2n) is 9.27. The first-order valence-corrected chi connectivity index (χ1v) is 12.5. The quantitative estimate of drug-likeness (QED) is 0.238. The Bertz CT molecular complexity index is 1370. The number of benzene rings is 4. The molecule has 0 fully saturated rings. The molecule has 194 valence electrons. The first-order valence-electron chi connectivity index (χ1n) is 12.5. The van der Waals surface area contributed by atoms with E-state index in [1.54, 1.807) is 18.2 Å². The van der Waals surface area contributed by atoms with Gasteiger partial charge in [0.05, 0.1) is 11.1 Å². The Kier molecular flexibility index (Phi) is 8.77. The highest BCUT2D eigenvalue weighted by Crippen LogP contribution is 2.35. The number of ether oxygens (including phenoxy) is 2. The third-order valence-electron chi connectivity index (χ3n) is 6.11. The first kappa shape index (κ1) is 26.5. The normalized spacial score (nSPS) is 10.7. The van der Waals surface area contributed by atoms with Gasteiger partial charge >= 0.3 is 5.97 Å². The minimum absolute atomic E-state index is 0.110. The van der Waals surface area contributed by atoms with Crippen molar-refractivity contribution in [1.29, 1.82) is 0 Å². The average molecular weight is 510 g/mol. The summed E-state index contributed by atoms with van der Waals surface area (Å²) in [4.78, 5) is 24.5. The maximum absolute atomic E-state index is 13.4. The van der Waals surface area contributed by atoms with E-state index in [4.69, 9.17) is 14.6 Å². The lowest BCUT2D eigenvalue weighted by atomic mass is 9.98. The summed E-state index contributed by atoms with van der Waals surface area (Å²) in [6.45, 7) is 5.06. The summed E-state index contributed by atoms with van der Waals surface area (Å²) >= 11 is 0. The number of nitrogens with one attached hydrogen (secondary N) is 1. The Morgan fingerprint density at radius 2 is 1.29 bits per heavy atom. The molecule has 0 bridgehead atoms. The van der Waals surface area contributed by atoms with E-state index < -0.39 is 5.97 Å². The lowest BCUT2D eigenvalue weighted by Crippen LogP contribution is -2.24. The molecular formula is C32H31NO5. The fourth-order valence-corrected chi connectivity index (χ4v) is 3.96. The molecule has 0 radical (unpaired) electrons. The van der Waals surface area contributed by atoms with E-state index in [0.717, 1.165) is 22.3 Å². The van der Waals surface area contributed by atoms with Gasteiger partial charge in [-0.3, -0.25) is 4.79 Å². The molecule has 6 heteroatoms. The molecule has 0 aliphatic carbocycles. The van der Waals surface area contributed by atoms with Crippen molar-refractivity contribution in [2.75, 3.05) is 0 Å². The van der Waals surface area contributed by atoms with E-state index in [0.29, 0.717) is 30.3 Å². The molecule has 0 saturated carbocycles. The van der Waals surface area contributed by atoms with E-state index in [1.165, 1.54) is 12.1 Å². The molecule has 6 nitrogen and oxygen atoms in total. The average Bonchev–Trinajstić information content (AvgIpc) is 2.94. The zero-order valence-corrected chi connectivity index (χ0v) is 21.5. The Hall–Kier alpha value is -4.58.